The van der Waals surface area contributed by atoms with Crippen molar-refractivity contribution in [2.45, 2.75) is 38.5 Å². The number of hydrogen-bond donors (Lipinski definition) is 0. The molecule has 0 radical (unpaired) electrons. The Morgan fingerprint density at radius 2 is 1.84 bits per heavy atom. The lowest BCUT2D eigenvalue weighted by molar-refractivity contribution is 0.398. The number of rotatable bonds is 5. The molecule has 2 rings (SSSR count). The standard InChI is InChI=1S/C17H25PS/c1-15(16-9-5-3-6-10-16)13-14-18(2,19)17-11-7-4-8-12-17/h4,7-8,11-12,16H,1,3,5-6,9-10,13-14H2,2H3. The van der Waals surface area contributed by atoms with Crippen molar-refractivity contribution in [3.8, 4) is 0 Å². The molecule has 0 spiro atoms. The van der Waals surface area contributed by atoms with E-state index in [1.165, 1.54) is 43.0 Å². The zero-order chi connectivity index (χ0) is 13.7. The summed E-state index contributed by atoms with van der Waals surface area (Å²) in [6.45, 7) is 6.63. The van der Waals surface area contributed by atoms with Gasteiger partial charge in [-0.05, 0) is 49.3 Å². The lowest BCUT2D eigenvalue weighted by Crippen LogP contribution is -2.11. The van der Waals surface area contributed by atoms with E-state index in [0.717, 1.165) is 18.5 Å². The second-order valence-electron chi connectivity index (χ2n) is 5.90. The highest BCUT2D eigenvalue weighted by Gasteiger charge is 2.19. The third-order valence-corrected chi connectivity index (χ3v) is 7.99. The molecule has 0 N–H and O–H groups in total. The van der Waals surface area contributed by atoms with E-state index >= 15 is 0 Å². The van der Waals surface area contributed by atoms with Gasteiger partial charge >= 0.3 is 0 Å². The molecule has 2 heteroatoms. The van der Waals surface area contributed by atoms with Crippen LogP contribution in [0, 0.1) is 5.92 Å². The van der Waals surface area contributed by atoms with Gasteiger partial charge < -0.3 is 0 Å². The van der Waals surface area contributed by atoms with Gasteiger partial charge in [0.15, 0.2) is 0 Å². The summed E-state index contributed by atoms with van der Waals surface area (Å²) in [4.78, 5) is 0. The molecule has 0 heterocycles. The lowest BCUT2D eigenvalue weighted by Gasteiger charge is -2.25. The average molecular weight is 292 g/mol. The highest BCUT2D eigenvalue weighted by molar-refractivity contribution is 8.17. The minimum atomic E-state index is -1.38. The SMILES string of the molecule is C=C(CCP(C)(=S)c1ccccc1)C1CCCCC1. The summed E-state index contributed by atoms with van der Waals surface area (Å²) < 4.78 is 0. The van der Waals surface area contributed by atoms with Crippen LogP contribution in [0.3, 0.4) is 0 Å². The van der Waals surface area contributed by atoms with Crippen LogP contribution in [0.5, 0.6) is 0 Å². The van der Waals surface area contributed by atoms with E-state index < -0.39 is 6.04 Å². The molecule has 1 saturated carbocycles. The van der Waals surface area contributed by atoms with Crippen LogP contribution >= 0.6 is 6.04 Å². The Labute approximate surface area is 123 Å². The predicted octanol–water partition coefficient (Wildman–Crippen LogP) is 4.95. The van der Waals surface area contributed by atoms with Crippen molar-refractivity contribution in [1.29, 1.82) is 0 Å². The van der Waals surface area contributed by atoms with Gasteiger partial charge in [0.05, 0.1) is 0 Å². The minimum absolute atomic E-state index is 0.777. The monoisotopic (exact) mass is 292 g/mol. The van der Waals surface area contributed by atoms with Crippen LogP contribution in [0.1, 0.15) is 38.5 Å². The summed E-state index contributed by atoms with van der Waals surface area (Å²) in [6.07, 6.45) is 9.19. The second-order valence-corrected chi connectivity index (χ2v) is 11.5. The average Bonchev–Trinajstić information content (AvgIpc) is 2.47. The zero-order valence-corrected chi connectivity index (χ0v) is 13.7. The van der Waals surface area contributed by atoms with Crippen molar-refractivity contribution in [3.05, 3.63) is 42.5 Å². The van der Waals surface area contributed by atoms with E-state index in [2.05, 4.69) is 43.6 Å². The molecule has 1 fully saturated rings. The molecular weight excluding hydrogens is 267 g/mol. The Morgan fingerprint density at radius 1 is 1.21 bits per heavy atom. The Kier molecular flexibility index (Phi) is 5.42. The number of hydrogen-bond acceptors (Lipinski definition) is 1. The molecule has 0 aliphatic heterocycles. The molecule has 19 heavy (non-hydrogen) atoms. The van der Waals surface area contributed by atoms with Crippen LogP contribution in [0.2, 0.25) is 0 Å². The van der Waals surface area contributed by atoms with Gasteiger partial charge in [-0.2, -0.15) is 0 Å². The molecule has 1 aliphatic carbocycles. The first-order valence-corrected chi connectivity index (χ1v) is 10.8. The Morgan fingerprint density at radius 3 is 2.47 bits per heavy atom. The first kappa shape index (κ1) is 15.0. The number of benzene rings is 1. The largest absolute Gasteiger partial charge is 0.0996 e. The quantitative estimate of drug-likeness (QED) is 0.546. The first-order valence-electron chi connectivity index (χ1n) is 7.39. The van der Waals surface area contributed by atoms with E-state index in [-0.39, 0.29) is 0 Å². The van der Waals surface area contributed by atoms with Gasteiger partial charge in [0.1, 0.15) is 0 Å². The van der Waals surface area contributed by atoms with Gasteiger partial charge in [-0.25, -0.2) is 0 Å². The third-order valence-electron chi connectivity index (χ3n) is 4.34. The fraction of sp³-hybridized carbons (Fsp3) is 0.529. The molecule has 1 aromatic rings. The maximum absolute atomic E-state index is 5.90. The molecule has 1 atom stereocenters. The van der Waals surface area contributed by atoms with Crippen LogP contribution in [0.15, 0.2) is 42.5 Å². The fourth-order valence-electron chi connectivity index (χ4n) is 2.94. The minimum Gasteiger partial charge on any atom is -0.0996 e. The van der Waals surface area contributed by atoms with Crippen LogP contribution in [0.4, 0.5) is 0 Å². The molecule has 0 amide bonds. The van der Waals surface area contributed by atoms with E-state index in [1.807, 2.05) is 0 Å². The van der Waals surface area contributed by atoms with Gasteiger partial charge in [-0.1, -0.05) is 73.6 Å². The summed E-state index contributed by atoms with van der Waals surface area (Å²) >= 11 is 5.90. The maximum Gasteiger partial charge on any atom is -0.0145 e. The lowest BCUT2D eigenvalue weighted by atomic mass is 9.83. The normalized spacial score (nSPS) is 19.8. The first-order chi connectivity index (χ1) is 9.09. The van der Waals surface area contributed by atoms with Crippen LogP contribution in [-0.4, -0.2) is 12.8 Å². The molecular formula is C17H25PS. The third kappa shape index (κ3) is 4.29. The van der Waals surface area contributed by atoms with Gasteiger partial charge in [-0.15, -0.1) is 0 Å². The van der Waals surface area contributed by atoms with E-state index in [9.17, 15) is 0 Å². The predicted molar refractivity (Wildman–Crippen MR) is 91.5 cm³/mol. The summed E-state index contributed by atoms with van der Waals surface area (Å²) in [7, 11) is 0. The van der Waals surface area contributed by atoms with Gasteiger partial charge in [0.2, 0.25) is 0 Å². The van der Waals surface area contributed by atoms with Crippen molar-refractivity contribution >= 4 is 23.1 Å². The smallest absolute Gasteiger partial charge is 0.0145 e. The second kappa shape index (κ2) is 6.86. The Bertz CT molecular complexity index is 457. The van der Waals surface area contributed by atoms with Crippen molar-refractivity contribution in [2.75, 3.05) is 12.8 Å². The van der Waals surface area contributed by atoms with Gasteiger partial charge in [0, 0.05) is 0 Å². The van der Waals surface area contributed by atoms with Crippen LogP contribution < -0.4 is 5.30 Å². The summed E-state index contributed by atoms with van der Waals surface area (Å²) in [6, 6.07) is 9.30. The Balaban J connectivity index is 1.90. The summed E-state index contributed by atoms with van der Waals surface area (Å²) in [5.41, 5.74) is 1.46. The molecule has 0 saturated heterocycles. The number of allylic oxidation sites excluding steroid dienone is 1. The Hall–Kier alpha value is -0.390. The summed E-state index contributed by atoms with van der Waals surface area (Å²) in [5.74, 6) is 0.777. The highest BCUT2D eigenvalue weighted by Crippen LogP contribution is 2.43. The van der Waals surface area contributed by atoms with Crippen LogP contribution in [-0.2, 0) is 11.8 Å². The van der Waals surface area contributed by atoms with Crippen molar-refractivity contribution in [2.24, 2.45) is 5.92 Å². The van der Waals surface area contributed by atoms with E-state index in [1.54, 1.807) is 0 Å². The molecule has 1 unspecified atom stereocenters. The van der Waals surface area contributed by atoms with Crippen LogP contribution in [0.25, 0.3) is 0 Å². The molecule has 0 nitrogen and oxygen atoms in total. The topological polar surface area (TPSA) is 0 Å². The molecule has 1 aromatic carbocycles. The molecule has 1 aliphatic rings. The zero-order valence-electron chi connectivity index (χ0n) is 12.0. The van der Waals surface area contributed by atoms with Gasteiger partial charge in [0.25, 0.3) is 0 Å². The van der Waals surface area contributed by atoms with Crippen molar-refractivity contribution < 1.29 is 0 Å². The van der Waals surface area contributed by atoms with Crippen molar-refractivity contribution in [3.63, 3.8) is 0 Å². The maximum atomic E-state index is 5.90. The fourth-order valence-corrected chi connectivity index (χ4v) is 5.36. The molecule has 104 valence electrons. The van der Waals surface area contributed by atoms with E-state index in [4.69, 9.17) is 11.8 Å². The highest BCUT2D eigenvalue weighted by atomic mass is 32.4. The van der Waals surface area contributed by atoms with Gasteiger partial charge in [-0.3, -0.25) is 0 Å². The molecule has 0 aromatic heterocycles. The van der Waals surface area contributed by atoms with Crippen molar-refractivity contribution in [1.82, 2.24) is 0 Å². The molecule has 0 bridgehead atoms. The summed E-state index contributed by atoms with van der Waals surface area (Å²) in [5, 5.41) is 1.38. The van der Waals surface area contributed by atoms with E-state index in [0.29, 0.717) is 0 Å².